The summed E-state index contributed by atoms with van der Waals surface area (Å²) in [5.41, 5.74) is -0.548. The van der Waals surface area contributed by atoms with E-state index in [1.807, 2.05) is 0 Å². The average molecular weight is 403 g/mol. The summed E-state index contributed by atoms with van der Waals surface area (Å²) < 4.78 is 24.5. The molecule has 1 aliphatic heterocycles. The molecular formula is C16H20BrFN2O4. The molecule has 2 amide bonds. The Hall–Kier alpha value is -1.83. The van der Waals surface area contributed by atoms with Gasteiger partial charge in [0.2, 0.25) is 0 Å². The molecule has 0 aliphatic carbocycles. The van der Waals surface area contributed by atoms with Crippen molar-refractivity contribution in [1.29, 1.82) is 0 Å². The van der Waals surface area contributed by atoms with Crippen LogP contribution in [-0.4, -0.2) is 48.2 Å². The van der Waals surface area contributed by atoms with Gasteiger partial charge in [0.1, 0.15) is 5.60 Å². The van der Waals surface area contributed by atoms with Crippen molar-refractivity contribution in [3.8, 4) is 5.75 Å². The third-order valence-corrected chi connectivity index (χ3v) is 3.64. The fourth-order valence-corrected chi connectivity index (χ4v) is 2.38. The molecule has 0 saturated carbocycles. The Labute approximate surface area is 148 Å². The SMILES string of the molecule is CC(C)(C)OC(=O)N1CC(NC(=O)COc2ccc(Br)cc2F)C1. The van der Waals surface area contributed by atoms with E-state index in [4.69, 9.17) is 9.47 Å². The van der Waals surface area contributed by atoms with Crippen molar-refractivity contribution in [3.05, 3.63) is 28.5 Å². The molecule has 1 saturated heterocycles. The van der Waals surface area contributed by atoms with Crippen molar-refractivity contribution in [2.24, 2.45) is 0 Å². The smallest absolute Gasteiger partial charge is 0.410 e. The molecule has 1 aliphatic rings. The number of nitrogens with one attached hydrogen (secondary N) is 1. The molecule has 0 unspecified atom stereocenters. The first-order valence-electron chi connectivity index (χ1n) is 7.49. The quantitative estimate of drug-likeness (QED) is 0.840. The van der Waals surface area contributed by atoms with E-state index in [0.717, 1.165) is 0 Å². The molecule has 2 rings (SSSR count). The number of hydrogen-bond acceptors (Lipinski definition) is 4. The molecule has 0 atom stereocenters. The van der Waals surface area contributed by atoms with E-state index in [0.29, 0.717) is 17.6 Å². The third kappa shape index (κ3) is 5.36. The van der Waals surface area contributed by atoms with Gasteiger partial charge in [0.25, 0.3) is 5.91 Å². The Morgan fingerprint density at radius 2 is 2.04 bits per heavy atom. The minimum absolute atomic E-state index is 0.0114. The summed E-state index contributed by atoms with van der Waals surface area (Å²) in [4.78, 5) is 25.1. The van der Waals surface area contributed by atoms with Crippen LogP contribution >= 0.6 is 15.9 Å². The van der Waals surface area contributed by atoms with E-state index >= 15 is 0 Å². The molecule has 132 valence electrons. The van der Waals surface area contributed by atoms with Gasteiger partial charge in [-0.25, -0.2) is 9.18 Å². The molecule has 8 heteroatoms. The van der Waals surface area contributed by atoms with Crippen LogP contribution in [0.5, 0.6) is 5.75 Å². The number of likely N-dealkylation sites (tertiary alicyclic amines) is 1. The van der Waals surface area contributed by atoms with Crippen molar-refractivity contribution >= 4 is 27.9 Å². The highest BCUT2D eigenvalue weighted by Crippen LogP contribution is 2.21. The van der Waals surface area contributed by atoms with Gasteiger partial charge in [-0.1, -0.05) is 15.9 Å². The zero-order chi connectivity index (χ0) is 17.9. The van der Waals surface area contributed by atoms with Crippen LogP contribution in [0.15, 0.2) is 22.7 Å². The van der Waals surface area contributed by atoms with Crippen LogP contribution in [0.25, 0.3) is 0 Å². The maximum absolute atomic E-state index is 13.6. The average Bonchev–Trinajstić information content (AvgIpc) is 2.39. The first-order valence-corrected chi connectivity index (χ1v) is 8.28. The molecule has 6 nitrogen and oxygen atoms in total. The van der Waals surface area contributed by atoms with Gasteiger partial charge >= 0.3 is 6.09 Å². The monoisotopic (exact) mass is 402 g/mol. The molecule has 1 fully saturated rings. The lowest BCUT2D eigenvalue weighted by Crippen LogP contribution is -2.62. The minimum Gasteiger partial charge on any atom is -0.481 e. The molecule has 1 aromatic carbocycles. The maximum atomic E-state index is 13.6. The predicted molar refractivity (Wildman–Crippen MR) is 89.3 cm³/mol. The number of carbonyl (C=O) groups excluding carboxylic acids is 2. The Balaban J connectivity index is 1.70. The number of rotatable bonds is 4. The van der Waals surface area contributed by atoms with Crippen molar-refractivity contribution < 1.29 is 23.5 Å². The van der Waals surface area contributed by atoms with Crippen LogP contribution in [0.2, 0.25) is 0 Å². The Morgan fingerprint density at radius 1 is 1.38 bits per heavy atom. The number of nitrogens with zero attached hydrogens (tertiary/aromatic N) is 1. The molecular weight excluding hydrogens is 383 g/mol. The lowest BCUT2D eigenvalue weighted by atomic mass is 10.1. The summed E-state index contributed by atoms with van der Waals surface area (Å²) in [7, 11) is 0. The summed E-state index contributed by atoms with van der Waals surface area (Å²) in [5, 5.41) is 2.72. The van der Waals surface area contributed by atoms with E-state index in [9.17, 15) is 14.0 Å². The van der Waals surface area contributed by atoms with E-state index < -0.39 is 17.5 Å². The van der Waals surface area contributed by atoms with Gasteiger partial charge in [-0.2, -0.15) is 0 Å². The van der Waals surface area contributed by atoms with Crippen LogP contribution in [-0.2, 0) is 9.53 Å². The van der Waals surface area contributed by atoms with Gasteiger partial charge in [0.15, 0.2) is 18.2 Å². The van der Waals surface area contributed by atoms with Gasteiger partial charge in [0.05, 0.1) is 6.04 Å². The predicted octanol–water partition coefficient (Wildman–Crippen LogP) is 2.70. The first kappa shape index (κ1) is 18.5. The minimum atomic E-state index is -0.548. The van der Waals surface area contributed by atoms with E-state index in [-0.39, 0.29) is 24.3 Å². The molecule has 0 bridgehead atoms. The van der Waals surface area contributed by atoms with Crippen molar-refractivity contribution in [1.82, 2.24) is 10.2 Å². The highest BCUT2D eigenvalue weighted by molar-refractivity contribution is 9.10. The second-order valence-corrected chi connectivity index (χ2v) is 7.43. The highest BCUT2D eigenvalue weighted by Gasteiger charge is 2.34. The summed E-state index contributed by atoms with van der Waals surface area (Å²) in [5.74, 6) is -0.902. The summed E-state index contributed by atoms with van der Waals surface area (Å²) in [6.07, 6.45) is -0.402. The van der Waals surface area contributed by atoms with Crippen molar-refractivity contribution in [2.45, 2.75) is 32.4 Å². The topological polar surface area (TPSA) is 67.9 Å². The Kier molecular flexibility index (Phi) is 5.69. The van der Waals surface area contributed by atoms with E-state index in [1.54, 1.807) is 26.8 Å². The molecule has 1 aromatic rings. The molecule has 24 heavy (non-hydrogen) atoms. The lowest BCUT2D eigenvalue weighted by molar-refractivity contribution is -0.125. The number of halogens is 2. The molecule has 1 heterocycles. The number of amides is 2. The van der Waals surface area contributed by atoms with Crippen LogP contribution in [0.1, 0.15) is 20.8 Å². The second-order valence-electron chi connectivity index (χ2n) is 6.51. The van der Waals surface area contributed by atoms with Gasteiger partial charge in [-0.05, 0) is 39.0 Å². The Bertz CT molecular complexity index is 627. The molecule has 0 spiro atoms. The van der Waals surface area contributed by atoms with Crippen LogP contribution in [0, 0.1) is 5.82 Å². The normalized spacial score (nSPS) is 14.8. The van der Waals surface area contributed by atoms with Gasteiger partial charge < -0.3 is 19.7 Å². The largest absolute Gasteiger partial charge is 0.481 e. The van der Waals surface area contributed by atoms with Crippen molar-refractivity contribution in [3.63, 3.8) is 0 Å². The van der Waals surface area contributed by atoms with Crippen molar-refractivity contribution in [2.75, 3.05) is 19.7 Å². The molecule has 1 N–H and O–H groups in total. The summed E-state index contributed by atoms with van der Waals surface area (Å²) in [6, 6.07) is 4.18. The Morgan fingerprint density at radius 3 is 2.62 bits per heavy atom. The number of benzene rings is 1. The van der Waals surface area contributed by atoms with Crippen LogP contribution in [0.3, 0.4) is 0 Å². The summed E-state index contributed by atoms with van der Waals surface area (Å²) in [6.45, 7) is 5.86. The van der Waals surface area contributed by atoms with Crippen LogP contribution in [0.4, 0.5) is 9.18 Å². The third-order valence-electron chi connectivity index (χ3n) is 3.15. The highest BCUT2D eigenvalue weighted by atomic mass is 79.9. The van der Waals surface area contributed by atoms with Crippen LogP contribution < -0.4 is 10.1 Å². The fourth-order valence-electron chi connectivity index (χ4n) is 2.05. The lowest BCUT2D eigenvalue weighted by Gasteiger charge is -2.39. The molecule has 0 aromatic heterocycles. The number of carbonyl (C=O) groups is 2. The zero-order valence-electron chi connectivity index (χ0n) is 13.8. The standard InChI is InChI=1S/C16H20BrFN2O4/c1-16(2,3)24-15(22)20-7-11(8-20)19-14(21)9-23-13-5-4-10(17)6-12(13)18/h4-6,11H,7-9H2,1-3H3,(H,19,21). The molecule has 0 radical (unpaired) electrons. The number of ether oxygens (including phenoxy) is 2. The van der Waals surface area contributed by atoms with E-state index in [2.05, 4.69) is 21.2 Å². The summed E-state index contributed by atoms with van der Waals surface area (Å²) >= 11 is 3.14. The first-order chi connectivity index (χ1) is 11.1. The van der Waals surface area contributed by atoms with Gasteiger partial charge in [0, 0.05) is 17.6 Å². The van der Waals surface area contributed by atoms with E-state index in [1.165, 1.54) is 17.0 Å². The fraction of sp³-hybridized carbons (Fsp3) is 0.500. The number of hydrogen-bond donors (Lipinski definition) is 1. The second kappa shape index (κ2) is 7.38. The van der Waals surface area contributed by atoms with Gasteiger partial charge in [-0.3, -0.25) is 4.79 Å². The zero-order valence-corrected chi connectivity index (χ0v) is 15.4. The maximum Gasteiger partial charge on any atom is 0.410 e. The van der Waals surface area contributed by atoms with Gasteiger partial charge in [-0.15, -0.1) is 0 Å².